The van der Waals surface area contributed by atoms with Crippen LogP contribution in [-0.2, 0) is 89.3 Å². The number of Topliss-reactive ketones (excluding diaryl/α,β-unsaturated/α-hetero) is 1. The molecule has 530 valence electrons. The van der Waals surface area contributed by atoms with Crippen LogP contribution in [0.5, 0.6) is 0 Å². The van der Waals surface area contributed by atoms with Crippen molar-refractivity contribution in [3.8, 4) is 0 Å². The summed E-state index contributed by atoms with van der Waals surface area (Å²) in [6.45, 7) is 7.21. The third-order valence-electron chi connectivity index (χ3n) is 19.6. The molecule has 0 radical (unpaired) electrons. The van der Waals surface area contributed by atoms with Gasteiger partial charge >= 0.3 is 0 Å². The number of para-hydroxylation sites is 1. The number of nitrogens with zero attached hydrogens (tertiary/aromatic N) is 1. The second-order valence-corrected chi connectivity index (χ2v) is 26.0. The van der Waals surface area contributed by atoms with Gasteiger partial charge < -0.3 is 75.1 Å². The van der Waals surface area contributed by atoms with Crippen LogP contribution in [0.25, 0.3) is 11.6 Å². The van der Waals surface area contributed by atoms with Crippen molar-refractivity contribution in [3.63, 3.8) is 0 Å². The van der Waals surface area contributed by atoms with Gasteiger partial charge in [-0.15, -0.1) is 0 Å². The summed E-state index contributed by atoms with van der Waals surface area (Å²) in [5.74, 6) is -6.50. The number of hydrogen-bond donors (Lipinski definition) is 7. The van der Waals surface area contributed by atoms with Crippen LogP contribution in [0.2, 0.25) is 0 Å². The zero-order valence-electron chi connectivity index (χ0n) is 56.0. The average molecular weight is 1360 g/mol. The molecule has 4 fully saturated rings. The quantitative estimate of drug-likeness (QED) is 0.0317. The van der Waals surface area contributed by atoms with Gasteiger partial charge in [0.25, 0.3) is 0 Å². The molecule has 3 saturated carbocycles. The van der Waals surface area contributed by atoms with Gasteiger partial charge in [0.1, 0.15) is 25.6 Å². The van der Waals surface area contributed by atoms with E-state index in [1.165, 1.54) is 19.1 Å². The fourth-order valence-corrected chi connectivity index (χ4v) is 14.7. The Labute approximate surface area is 569 Å². The lowest BCUT2D eigenvalue weighted by molar-refractivity contribution is -0.235. The monoisotopic (exact) mass is 1360 g/mol. The van der Waals surface area contributed by atoms with Crippen molar-refractivity contribution in [2.24, 2.45) is 22.7 Å². The summed E-state index contributed by atoms with van der Waals surface area (Å²) in [5, 5.41) is 27.1. The number of ether oxygens (including phenoxy) is 7. The molecule has 7 N–H and O–H groups in total. The molecule has 0 bridgehead atoms. The summed E-state index contributed by atoms with van der Waals surface area (Å²) in [6, 6.07) is 23.3. The summed E-state index contributed by atoms with van der Waals surface area (Å²) in [7, 11) is 0. The van der Waals surface area contributed by atoms with Gasteiger partial charge in [-0.25, -0.2) is 8.78 Å². The lowest BCUT2D eigenvalue weighted by atomic mass is 9.44. The van der Waals surface area contributed by atoms with Gasteiger partial charge in [-0.1, -0.05) is 105 Å². The van der Waals surface area contributed by atoms with E-state index in [9.17, 15) is 48.3 Å². The average Bonchev–Trinajstić information content (AvgIpc) is 1.29. The lowest BCUT2D eigenvalue weighted by Gasteiger charge is -2.63. The number of fused-ring (bicyclic) bond motifs is 9. The van der Waals surface area contributed by atoms with Crippen molar-refractivity contribution in [2.45, 2.75) is 134 Å². The van der Waals surface area contributed by atoms with Crippen molar-refractivity contribution in [3.05, 3.63) is 125 Å². The van der Waals surface area contributed by atoms with Crippen molar-refractivity contribution < 1.29 is 90.2 Å². The Bertz CT molecular complexity index is 3470. The smallest absolute Gasteiger partial charge is 0.243 e. The van der Waals surface area contributed by atoms with E-state index >= 15 is 8.78 Å². The standard InChI is InChI=1S/C72H91F2N7O17/c1-5-13-67-97-60-38-52-53-37-55(73)54-36-50(82)22-24-69(54,3)71(53,74)58(83)39-70(52,4)72(60,98-67)59(84)44-96-45-79-64(88)41-78-68(91)56(35-47-14-7-6-8-15-47)80-65(89)42-77-63(87)40-76-62(86)23-26-92-28-30-94-32-33-95-31-29-93-27-25-75-61(85)20-21-66(90)81-43-49-17-10-9-16-48(49)34-46(2)51-18-11-12-19-57(51)81/h6-12,14-19,22,24,34,36,52-53,55-56,58,60,67,83H,5,13,20-21,23,25-33,35,37-45H2,1-4H3,(H,75,85)(H,76,86)(H,77,87)(H,78,91)(H,79,88)(H,80,89)/b46-34-/t52?,53-,55-,56-,58-,60+,67?,69-,70-,71-,72+/m0/s1. The molecule has 9 rings (SSSR count). The number of nitrogens with one attached hydrogen (secondary N) is 6. The number of anilines is 1. The molecule has 11 atom stereocenters. The van der Waals surface area contributed by atoms with E-state index in [1.54, 1.807) is 42.2 Å². The van der Waals surface area contributed by atoms with Gasteiger partial charge in [0.2, 0.25) is 41.4 Å². The zero-order chi connectivity index (χ0) is 70.0. The van der Waals surface area contributed by atoms with Gasteiger partial charge in [0, 0.05) is 54.5 Å². The van der Waals surface area contributed by atoms with Crippen LogP contribution in [0.15, 0.2) is 103 Å². The molecular formula is C72H91F2N7O17. The highest BCUT2D eigenvalue weighted by molar-refractivity contribution is 6.02. The van der Waals surface area contributed by atoms with Crippen molar-refractivity contribution in [1.82, 2.24) is 31.9 Å². The van der Waals surface area contributed by atoms with E-state index in [0.717, 1.165) is 34.0 Å². The van der Waals surface area contributed by atoms with Crippen molar-refractivity contribution >= 4 is 70.3 Å². The van der Waals surface area contributed by atoms with E-state index < -0.39 is 139 Å². The van der Waals surface area contributed by atoms with E-state index in [2.05, 4.69) is 38.0 Å². The Morgan fingerprint density at radius 3 is 2.09 bits per heavy atom. The Hall–Kier alpha value is -7.95. The molecule has 3 aromatic rings. The Balaban J connectivity index is 0.600. The number of aliphatic hydroxyl groups excluding tert-OH is 1. The molecule has 26 heteroatoms. The van der Waals surface area contributed by atoms with Crippen LogP contribution in [0.3, 0.4) is 0 Å². The van der Waals surface area contributed by atoms with Crippen LogP contribution < -0.4 is 36.8 Å². The molecule has 2 heterocycles. The number of aliphatic hydroxyl groups is 1. The predicted molar refractivity (Wildman–Crippen MR) is 354 cm³/mol. The van der Waals surface area contributed by atoms with Crippen LogP contribution in [-0.4, -0.2) is 192 Å². The molecular weight excluding hydrogens is 1270 g/mol. The summed E-state index contributed by atoms with van der Waals surface area (Å²) in [4.78, 5) is 120. The van der Waals surface area contributed by atoms with E-state index in [0.29, 0.717) is 44.8 Å². The predicted octanol–water partition coefficient (Wildman–Crippen LogP) is 4.39. The minimum atomic E-state index is -2.38. The highest BCUT2D eigenvalue weighted by atomic mass is 19.1. The molecule has 2 aliphatic heterocycles. The van der Waals surface area contributed by atoms with Crippen LogP contribution in [0.4, 0.5) is 14.5 Å². The highest BCUT2D eigenvalue weighted by Gasteiger charge is 2.80. The summed E-state index contributed by atoms with van der Waals surface area (Å²) >= 11 is 0. The first-order valence-electron chi connectivity index (χ1n) is 33.7. The van der Waals surface area contributed by atoms with Gasteiger partial charge in [0.15, 0.2) is 29.1 Å². The third kappa shape index (κ3) is 17.4. The normalized spacial score (nSPS) is 26.5. The molecule has 0 aromatic heterocycles. The SMILES string of the molecule is CCCC1O[C@@H]2CC3[C@@H]4C[C@H](F)C5=CC(=O)C=C[C@]5(C)[C@@]4(F)[C@@H](O)C[C@]3(C)[C@]2(C(=O)COCNC(=O)CNC(=O)[C@H](Cc2ccccc2)NC(=O)CNC(=O)CNC(=O)CCOCCOCCOCCOCCNC(=O)CCC(=O)N2Cc3ccccc3/C=C(/C)c3ccccc32)O1. The Morgan fingerprint density at radius 2 is 1.35 bits per heavy atom. The largest absolute Gasteiger partial charge is 0.390 e. The fourth-order valence-electron chi connectivity index (χ4n) is 14.7. The molecule has 24 nitrogen and oxygen atoms in total. The first-order valence-corrected chi connectivity index (χ1v) is 33.7. The number of carbonyl (C=O) groups excluding carboxylic acids is 9. The third-order valence-corrected chi connectivity index (χ3v) is 19.6. The minimum absolute atomic E-state index is 0.0152. The Kier molecular flexibility index (Phi) is 25.9. The van der Waals surface area contributed by atoms with Crippen LogP contribution >= 0.6 is 0 Å². The summed E-state index contributed by atoms with van der Waals surface area (Å²) in [5.41, 5.74) is -1.40. The molecule has 7 amide bonds. The first-order chi connectivity index (χ1) is 47.1. The van der Waals surface area contributed by atoms with E-state index in [1.807, 2.05) is 62.4 Å². The topological polar surface area (TPSA) is 314 Å². The maximum Gasteiger partial charge on any atom is 0.243 e. The van der Waals surface area contributed by atoms with E-state index in [4.69, 9.17) is 33.2 Å². The number of rotatable bonds is 35. The summed E-state index contributed by atoms with van der Waals surface area (Å²) in [6.07, 6.45) is 1.49. The molecule has 98 heavy (non-hydrogen) atoms. The summed E-state index contributed by atoms with van der Waals surface area (Å²) < 4.78 is 74.7. The van der Waals surface area contributed by atoms with Crippen LogP contribution in [0, 0.1) is 22.7 Å². The molecule has 4 aliphatic carbocycles. The molecule has 2 unspecified atom stereocenters. The number of alkyl halides is 2. The highest BCUT2D eigenvalue weighted by Crippen LogP contribution is 2.72. The maximum absolute atomic E-state index is 17.9. The number of carbonyl (C=O) groups is 9. The maximum atomic E-state index is 17.9. The second-order valence-electron chi connectivity index (χ2n) is 26.0. The minimum Gasteiger partial charge on any atom is -0.390 e. The molecule has 1 saturated heterocycles. The van der Waals surface area contributed by atoms with Gasteiger partial charge in [0.05, 0.1) is 96.9 Å². The molecule has 0 spiro atoms. The lowest BCUT2D eigenvalue weighted by Crippen LogP contribution is -2.71. The number of halogens is 2. The van der Waals surface area contributed by atoms with Gasteiger partial charge in [-0.3, -0.25) is 43.2 Å². The first kappa shape index (κ1) is 74.3. The number of benzene rings is 3. The second kappa shape index (κ2) is 34.2. The number of ketones is 2. The van der Waals surface area contributed by atoms with Gasteiger partial charge in [-0.05, 0) is 91.5 Å². The number of hydrogen-bond acceptors (Lipinski definition) is 17. The number of amides is 7. The number of allylic oxidation sites excluding steroid dienone is 5. The zero-order valence-corrected chi connectivity index (χ0v) is 56.0. The fraction of sp³-hybridized carbons (Fsp3) is 0.542. The molecule has 3 aromatic carbocycles. The Morgan fingerprint density at radius 1 is 0.704 bits per heavy atom. The van der Waals surface area contributed by atoms with Crippen molar-refractivity contribution in [1.29, 1.82) is 0 Å². The van der Waals surface area contributed by atoms with Crippen LogP contribution in [0.1, 0.15) is 101 Å². The van der Waals surface area contributed by atoms with E-state index in [-0.39, 0.29) is 102 Å². The van der Waals surface area contributed by atoms with Gasteiger partial charge in [-0.2, -0.15) is 0 Å². The molecule has 6 aliphatic rings. The van der Waals surface area contributed by atoms with Crippen molar-refractivity contribution in [2.75, 3.05) is 97.3 Å².